The van der Waals surface area contributed by atoms with Crippen molar-refractivity contribution < 1.29 is 8.42 Å². The maximum Gasteiger partial charge on any atom is 0.151 e. The van der Waals surface area contributed by atoms with Crippen LogP contribution < -0.4 is 5.32 Å². The van der Waals surface area contributed by atoms with Gasteiger partial charge in [-0.15, -0.1) is 0 Å². The van der Waals surface area contributed by atoms with Crippen LogP contribution in [0.4, 0.5) is 0 Å². The van der Waals surface area contributed by atoms with Crippen LogP contribution in [0.15, 0.2) is 24.3 Å². The number of nitrogens with one attached hydrogen (secondary N) is 1. The molecule has 20 heavy (non-hydrogen) atoms. The average molecular weight is 297 g/mol. The largest absolute Gasteiger partial charge is 0.309 e. The number of sulfone groups is 1. The molecular weight excluding hydrogens is 270 g/mol. The summed E-state index contributed by atoms with van der Waals surface area (Å²) in [5.74, 6) is 0.348. The summed E-state index contributed by atoms with van der Waals surface area (Å²) in [6.07, 6.45) is 0. The van der Waals surface area contributed by atoms with Crippen molar-refractivity contribution in [3.05, 3.63) is 35.4 Å². The summed E-state index contributed by atoms with van der Waals surface area (Å²) in [4.78, 5) is 0. The zero-order valence-electron chi connectivity index (χ0n) is 13.2. The Hall–Kier alpha value is -0.870. The third-order valence-corrected chi connectivity index (χ3v) is 5.21. The number of rotatable bonds is 6. The van der Waals surface area contributed by atoms with E-state index in [4.69, 9.17) is 0 Å². The van der Waals surface area contributed by atoms with Gasteiger partial charge in [-0.05, 0) is 23.1 Å². The Morgan fingerprint density at radius 3 is 2.05 bits per heavy atom. The van der Waals surface area contributed by atoms with E-state index in [1.807, 2.05) is 19.1 Å². The number of hydrogen-bond donors (Lipinski definition) is 1. The molecule has 1 aromatic carbocycles. The summed E-state index contributed by atoms with van der Waals surface area (Å²) < 4.78 is 23.7. The van der Waals surface area contributed by atoms with Crippen LogP contribution in [-0.4, -0.2) is 26.5 Å². The summed E-state index contributed by atoms with van der Waals surface area (Å²) in [6.45, 7) is 11.0. The van der Waals surface area contributed by atoms with Crippen molar-refractivity contribution in [2.75, 3.05) is 18.1 Å². The lowest BCUT2D eigenvalue weighted by Gasteiger charge is -2.22. The van der Waals surface area contributed by atoms with Crippen LogP contribution in [0.1, 0.15) is 51.8 Å². The summed E-state index contributed by atoms with van der Waals surface area (Å²) in [6, 6.07) is 8.15. The van der Waals surface area contributed by atoms with E-state index in [0.717, 1.165) is 12.1 Å². The molecule has 1 aromatic rings. The van der Waals surface area contributed by atoms with Gasteiger partial charge in [0.1, 0.15) is 0 Å². The van der Waals surface area contributed by atoms with Crippen molar-refractivity contribution in [1.82, 2.24) is 5.32 Å². The average Bonchev–Trinajstić information content (AvgIpc) is 2.37. The molecule has 4 heteroatoms. The number of benzene rings is 1. The van der Waals surface area contributed by atoms with Crippen LogP contribution in [0.2, 0.25) is 0 Å². The van der Waals surface area contributed by atoms with Crippen molar-refractivity contribution in [1.29, 1.82) is 0 Å². The van der Waals surface area contributed by atoms with Gasteiger partial charge in [0, 0.05) is 11.8 Å². The molecule has 0 spiro atoms. The van der Waals surface area contributed by atoms with Crippen LogP contribution in [0.3, 0.4) is 0 Å². The lowest BCUT2D eigenvalue weighted by molar-refractivity contribution is 0.558. The topological polar surface area (TPSA) is 46.2 Å². The number of hydrogen-bond acceptors (Lipinski definition) is 3. The summed E-state index contributed by atoms with van der Waals surface area (Å²) in [7, 11) is -2.99. The first-order chi connectivity index (χ1) is 9.19. The molecule has 0 heterocycles. The predicted octanol–water partition coefficient (Wildman–Crippen LogP) is 3.07. The van der Waals surface area contributed by atoms with E-state index in [0.29, 0.717) is 0 Å². The van der Waals surface area contributed by atoms with Gasteiger partial charge in [-0.2, -0.15) is 0 Å². The summed E-state index contributed by atoms with van der Waals surface area (Å²) >= 11 is 0. The van der Waals surface area contributed by atoms with E-state index in [1.54, 1.807) is 6.92 Å². The zero-order valence-corrected chi connectivity index (χ0v) is 14.0. The molecule has 0 radical (unpaired) electrons. The fraction of sp³-hybridized carbons (Fsp3) is 0.625. The molecule has 0 aromatic heterocycles. The minimum absolute atomic E-state index is 0.113. The molecule has 0 saturated heterocycles. The predicted molar refractivity (Wildman–Crippen MR) is 85.9 cm³/mol. The molecule has 0 fully saturated rings. The highest BCUT2D eigenvalue weighted by Crippen LogP contribution is 2.24. The Morgan fingerprint density at radius 2 is 1.65 bits per heavy atom. The zero-order chi connectivity index (χ0) is 15.4. The smallest absolute Gasteiger partial charge is 0.151 e. The highest BCUT2D eigenvalue weighted by molar-refractivity contribution is 7.91. The Bertz CT molecular complexity index is 512. The van der Waals surface area contributed by atoms with E-state index < -0.39 is 9.84 Å². The van der Waals surface area contributed by atoms with Gasteiger partial charge >= 0.3 is 0 Å². The Labute approximate surface area is 123 Å². The quantitative estimate of drug-likeness (QED) is 0.878. The lowest BCUT2D eigenvalue weighted by Crippen LogP contribution is -2.28. The Kier molecular flexibility index (Phi) is 5.78. The van der Waals surface area contributed by atoms with E-state index in [1.165, 1.54) is 5.56 Å². The van der Waals surface area contributed by atoms with Gasteiger partial charge in [0.25, 0.3) is 0 Å². The van der Waals surface area contributed by atoms with Crippen molar-refractivity contribution in [2.45, 2.75) is 46.1 Å². The molecule has 1 N–H and O–H groups in total. The van der Waals surface area contributed by atoms with Gasteiger partial charge in [0.15, 0.2) is 9.84 Å². The second kappa shape index (κ2) is 6.72. The molecule has 0 aliphatic heterocycles. The standard InChI is InChI=1S/C16H27NO2S/c1-6-17-15(12-20(18,19)7-2)13-8-10-14(11-9-13)16(3,4)5/h8-11,15,17H,6-7,12H2,1-5H3. The van der Waals surface area contributed by atoms with E-state index in [-0.39, 0.29) is 23.0 Å². The maximum absolute atomic E-state index is 11.8. The Balaban J connectivity index is 2.98. The van der Waals surface area contributed by atoms with Gasteiger partial charge < -0.3 is 5.32 Å². The minimum Gasteiger partial charge on any atom is -0.309 e. The second-order valence-electron chi connectivity index (χ2n) is 6.18. The first-order valence-electron chi connectivity index (χ1n) is 7.24. The molecule has 0 aliphatic carbocycles. The lowest BCUT2D eigenvalue weighted by atomic mass is 9.86. The molecule has 0 bridgehead atoms. The van der Waals surface area contributed by atoms with E-state index in [9.17, 15) is 8.42 Å². The third kappa shape index (κ3) is 4.91. The van der Waals surface area contributed by atoms with Crippen LogP contribution in [0, 0.1) is 0 Å². The monoisotopic (exact) mass is 297 g/mol. The van der Waals surface area contributed by atoms with Gasteiger partial charge in [-0.1, -0.05) is 58.9 Å². The van der Waals surface area contributed by atoms with Gasteiger partial charge in [-0.3, -0.25) is 0 Å². The normalized spacial score (nSPS) is 14.2. The van der Waals surface area contributed by atoms with Crippen molar-refractivity contribution in [3.8, 4) is 0 Å². The highest BCUT2D eigenvalue weighted by Gasteiger charge is 2.20. The van der Waals surface area contributed by atoms with Crippen LogP contribution in [-0.2, 0) is 15.3 Å². The van der Waals surface area contributed by atoms with Crippen LogP contribution in [0.5, 0.6) is 0 Å². The molecule has 1 unspecified atom stereocenters. The molecule has 0 saturated carbocycles. The third-order valence-electron chi connectivity index (χ3n) is 3.49. The van der Waals surface area contributed by atoms with Crippen molar-refractivity contribution in [2.24, 2.45) is 0 Å². The summed E-state index contributed by atoms with van der Waals surface area (Å²) in [5, 5.41) is 3.27. The molecule has 1 atom stereocenters. The molecule has 0 amide bonds. The molecular formula is C16H27NO2S. The minimum atomic E-state index is -2.99. The molecule has 0 aliphatic rings. The van der Waals surface area contributed by atoms with Gasteiger partial charge in [0.05, 0.1) is 5.75 Å². The van der Waals surface area contributed by atoms with E-state index >= 15 is 0 Å². The first-order valence-corrected chi connectivity index (χ1v) is 9.06. The highest BCUT2D eigenvalue weighted by atomic mass is 32.2. The molecule has 1 rings (SSSR count). The fourth-order valence-corrected chi connectivity index (χ4v) is 3.16. The van der Waals surface area contributed by atoms with Crippen molar-refractivity contribution >= 4 is 9.84 Å². The second-order valence-corrected chi connectivity index (χ2v) is 8.58. The maximum atomic E-state index is 11.8. The SMILES string of the molecule is CCNC(CS(=O)(=O)CC)c1ccc(C(C)(C)C)cc1. The Morgan fingerprint density at radius 1 is 1.10 bits per heavy atom. The van der Waals surface area contributed by atoms with Crippen molar-refractivity contribution in [3.63, 3.8) is 0 Å². The van der Waals surface area contributed by atoms with E-state index in [2.05, 4.69) is 38.2 Å². The molecule has 3 nitrogen and oxygen atoms in total. The van der Waals surface area contributed by atoms with Gasteiger partial charge in [0.2, 0.25) is 0 Å². The van der Waals surface area contributed by atoms with Gasteiger partial charge in [-0.25, -0.2) is 8.42 Å². The fourth-order valence-electron chi connectivity index (χ4n) is 2.11. The molecule has 114 valence electrons. The van der Waals surface area contributed by atoms with Crippen LogP contribution in [0.25, 0.3) is 0 Å². The van der Waals surface area contributed by atoms with Crippen LogP contribution >= 0.6 is 0 Å². The first kappa shape index (κ1) is 17.2. The summed E-state index contributed by atoms with van der Waals surface area (Å²) in [5.41, 5.74) is 2.41.